The lowest BCUT2D eigenvalue weighted by atomic mass is 10.1. The number of hydrogen-bond acceptors (Lipinski definition) is 4. The van der Waals surface area contributed by atoms with Crippen molar-refractivity contribution in [1.82, 2.24) is 5.32 Å². The van der Waals surface area contributed by atoms with E-state index in [1.165, 1.54) is 0 Å². The third-order valence-corrected chi connectivity index (χ3v) is 4.54. The van der Waals surface area contributed by atoms with Gasteiger partial charge in [-0.25, -0.2) is 0 Å². The number of carbonyl (C=O) groups excluding carboxylic acids is 2. The number of rotatable bonds is 4. The largest absolute Gasteiger partial charge is 0.364 e. The molecular formula is C16H21Cl2N3O3. The summed E-state index contributed by atoms with van der Waals surface area (Å²) in [7, 11) is 0. The highest BCUT2D eigenvalue weighted by Crippen LogP contribution is 2.25. The second kappa shape index (κ2) is 8.16. The SMILES string of the molecule is Cl.NC[C@H]1CC[C@@H](C(=O)NC2CCN(c3cccc(Cl)c3)C2=O)O1. The molecule has 24 heavy (non-hydrogen) atoms. The molecule has 1 aromatic carbocycles. The maximum Gasteiger partial charge on any atom is 0.249 e. The van der Waals surface area contributed by atoms with Gasteiger partial charge >= 0.3 is 0 Å². The Balaban J connectivity index is 0.00000208. The second-order valence-electron chi connectivity index (χ2n) is 5.88. The van der Waals surface area contributed by atoms with Crippen molar-refractivity contribution in [1.29, 1.82) is 0 Å². The number of hydrogen-bond donors (Lipinski definition) is 2. The van der Waals surface area contributed by atoms with Crippen molar-refractivity contribution in [2.45, 2.75) is 37.5 Å². The Morgan fingerprint density at radius 2 is 2.17 bits per heavy atom. The van der Waals surface area contributed by atoms with Crippen molar-refractivity contribution in [3.63, 3.8) is 0 Å². The molecule has 8 heteroatoms. The number of nitrogens with two attached hydrogens (primary N) is 1. The third-order valence-electron chi connectivity index (χ3n) is 4.30. The fraction of sp³-hybridized carbons (Fsp3) is 0.500. The van der Waals surface area contributed by atoms with E-state index in [2.05, 4.69) is 5.32 Å². The van der Waals surface area contributed by atoms with Gasteiger partial charge in [-0.15, -0.1) is 12.4 Å². The van der Waals surface area contributed by atoms with E-state index in [0.717, 1.165) is 12.1 Å². The monoisotopic (exact) mass is 373 g/mol. The number of nitrogens with one attached hydrogen (secondary N) is 1. The summed E-state index contributed by atoms with van der Waals surface area (Å²) in [4.78, 5) is 26.4. The molecule has 2 saturated heterocycles. The molecule has 132 valence electrons. The van der Waals surface area contributed by atoms with Gasteiger partial charge in [0, 0.05) is 23.8 Å². The van der Waals surface area contributed by atoms with Gasteiger partial charge in [0.05, 0.1) is 6.10 Å². The van der Waals surface area contributed by atoms with E-state index < -0.39 is 12.1 Å². The molecule has 0 aliphatic carbocycles. The molecule has 6 nitrogen and oxygen atoms in total. The first kappa shape index (κ1) is 19.0. The lowest BCUT2D eigenvalue weighted by Gasteiger charge is -2.19. The molecule has 2 amide bonds. The molecule has 1 aromatic rings. The standard InChI is InChI=1S/C16H20ClN3O3.ClH/c17-10-2-1-3-11(8-10)20-7-6-13(16(20)22)19-15(21)14-5-4-12(9-18)23-14;/h1-3,8,12-14H,4-7,9,18H2,(H,19,21);1H/t12-,13?,14+;/m1./s1. The smallest absolute Gasteiger partial charge is 0.249 e. The Morgan fingerprint density at radius 3 is 2.83 bits per heavy atom. The van der Waals surface area contributed by atoms with E-state index in [0.29, 0.717) is 31.0 Å². The highest BCUT2D eigenvalue weighted by molar-refractivity contribution is 6.31. The van der Waals surface area contributed by atoms with Crippen molar-refractivity contribution in [3.05, 3.63) is 29.3 Å². The molecule has 2 aliphatic heterocycles. The van der Waals surface area contributed by atoms with Crippen LogP contribution in [0.4, 0.5) is 5.69 Å². The first-order valence-electron chi connectivity index (χ1n) is 7.81. The molecule has 0 bridgehead atoms. The van der Waals surface area contributed by atoms with Crippen molar-refractivity contribution in [2.75, 3.05) is 18.0 Å². The number of anilines is 1. The zero-order chi connectivity index (χ0) is 16.4. The molecule has 0 aromatic heterocycles. The van der Waals surface area contributed by atoms with Gasteiger partial charge < -0.3 is 20.7 Å². The minimum atomic E-state index is -0.512. The lowest BCUT2D eigenvalue weighted by Crippen LogP contribution is -2.45. The van der Waals surface area contributed by atoms with Crippen molar-refractivity contribution in [3.8, 4) is 0 Å². The number of carbonyl (C=O) groups is 2. The molecule has 0 radical (unpaired) electrons. The van der Waals surface area contributed by atoms with Crippen LogP contribution >= 0.6 is 24.0 Å². The lowest BCUT2D eigenvalue weighted by molar-refractivity contribution is -0.134. The Morgan fingerprint density at radius 1 is 1.38 bits per heavy atom. The van der Waals surface area contributed by atoms with Gasteiger partial charge in [-0.3, -0.25) is 9.59 Å². The van der Waals surface area contributed by atoms with E-state index in [1.807, 2.05) is 6.07 Å². The minimum absolute atomic E-state index is 0. The molecule has 1 unspecified atom stereocenters. The molecule has 2 heterocycles. The van der Waals surface area contributed by atoms with Gasteiger partial charge in [0.2, 0.25) is 11.8 Å². The number of nitrogens with zero attached hydrogens (tertiary/aromatic N) is 1. The molecule has 3 rings (SSSR count). The zero-order valence-corrected chi connectivity index (χ0v) is 14.7. The Labute approximate surface area is 152 Å². The van der Waals surface area contributed by atoms with E-state index in [-0.39, 0.29) is 30.3 Å². The summed E-state index contributed by atoms with van der Waals surface area (Å²) in [6.07, 6.45) is 1.43. The fourth-order valence-corrected chi connectivity index (χ4v) is 3.24. The number of benzene rings is 1. The van der Waals surface area contributed by atoms with Gasteiger partial charge in [0.1, 0.15) is 12.1 Å². The van der Waals surface area contributed by atoms with Crippen LogP contribution in [0.3, 0.4) is 0 Å². The summed E-state index contributed by atoms with van der Waals surface area (Å²) in [6, 6.07) is 6.63. The first-order chi connectivity index (χ1) is 11.1. The van der Waals surface area contributed by atoms with Crippen LogP contribution in [0.15, 0.2) is 24.3 Å². The molecule has 3 atom stereocenters. The zero-order valence-electron chi connectivity index (χ0n) is 13.1. The van der Waals surface area contributed by atoms with Gasteiger partial charge in [-0.2, -0.15) is 0 Å². The van der Waals surface area contributed by atoms with Crippen LogP contribution < -0.4 is 16.0 Å². The van der Waals surface area contributed by atoms with Gasteiger partial charge in [0.15, 0.2) is 0 Å². The number of halogens is 2. The summed E-state index contributed by atoms with van der Waals surface area (Å²) < 4.78 is 5.57. The molecule has 0 spiro atoms. The summed E-state index contributed by atoms with van der Waals surface area (Å²) in [5.41, 5.74) is 6.30. The van der Waals surface area contributed by atoms with Crippen LogP contribution in [0.2, 0.25) is 5.02 Å². The van der Waals surface area contributed by atoms with Crippen LogP contribution in [0, 0.1) is 0 Å². The highest BCUT2D eigenvalue weighted by Gasteiger charge is 2.37. The normalized spacial score (nSPS) is 26.3. The van der Waals surface area contributed by atoms with E-state index >= 15 is 0 Å². The Hall–Kier alpha value is -1.34. The van der Waals surface area contributed by atoms with E-state index in [9.17, 15) is 9.59 Å². The van der Waals surface area contributed by atoms with Crippen LogP contribution in [0.1, 0.15) is 19.3 Å². The van der Waals surface area contributed by atoms with Crippen LogP contribution in [0.5, 0.6) is 0 Å². The average molecular weight is 374 g/mol. The fourth-order valence-electron chi connectivity index (χ4n) is 3.05. The summed E-state index contributed by atoms with van der Waals surface area (Å²) >= 11 is 5.97. The van der Waals surface area contributed by atoms with Crippen molar-refractivity contribution >= 4 is 41.5 Å². The minimum Gasteiger partial charge on any atom is -0.364 e. The summed E-state index contributed by atoms with van der Waals surface area (Å²) in [5.74, 6) is -0.346. The van der Waals surface area contributed by atoms with E-state index in [4.69, 9.17) is 22.1 Å². The molecule has 2 aliphatic rings. The van der Waals surface area contributed by atoms with Crippen LogP contribution in [-0.2, 0) is 14.3 Å². The molecule has 0 saturated carbocycles. The van der Waals surface area contributed by atoms with Crippen molar-refractivity contribution < 1.29 is 14.3 Å². The predicted molar refractivity (Wildman–Crippen MR) is 94.6 cm³/mol. The topological polar surface area (TPSA) is 84.7 Å². The van der Waals surface area contributed by atoms with Crippen LogP contribution in [-0.4, -0.2) is 43.2 Å². The number of ether oxygens (including phenoxy) is 1. The van der Waals surface area contributed by atoms with Crippen molar-refractivity contribution in [2.24, 2.45) is 5.73 Å². The predicted octanol–water partition coefficient (Wildman–Crippen LogP) is 1.49. The molecule has 3 N–H and O–H groups in total. The highest BCUT2D eigenvalue weighted by atomic mass is 35.5. The second-order valence-corrected chi connectivity index (χ2v) is 6.32. The first-order valence-corrected chi connectivity index (χ1v) is 8.19. The summed E-state index contributed by atoms with van der Waals surface area (Å²) in [5, 5.41) is 3.38. The molecular weight excluding hydrogens is 353 g/mol. The third kappa shape index (κ3) is 4.00. The molecule has 2 fully saturated rings. The maximum atomic E-state index is 12.5. The summed E-state index contributed by atoms with van der Waals surface area (Å²) in [6.45, 7) is 0.968. The van der Waals surface area contributed by atoms with E-state index in [1.54, 1.807) is 23.1 Å². The average Bonchev–Trinajstić information content (AvgIpc) is 3.15. The van der Waals surface area contributed by atoms with Gasteiger partial charge in [-0.05, 0) is 37.5 Å². The maximum absolute atomic E-state index is 12.5. The van der Waals surface area contributed by atoms with Gasteiger partial charge in [-0.1, -0.05) is 17.7 Å². The Kier molecular flexibility index (Phi) is 6.46. The quantitative estimate of drug-likeness (QED) is 0.837. The Bertz CT molecular complexity index is 614. The number of amides is 2. The van der Waals surface area contributed by atoms with Gasteiger partial charge in [0.25, 0.3) is 0 Å². The van der Waals surface area contributed by atoms with Crippen LogP contribution in [0.25, 0.3) is 0 Å².